The number of aliphatic hydroxyl groups excluding tert-OH is 1. The molecule has 1 aromatic carbocycles. The molecule has 5 nitrogen and oxygen atoms in total. The number of aromatic hydroxyl groups is 1. The smallest absolute Gasteiger partial charge is 0.248 e. The van der Waals surface area contributed by atoms with Gasteiger partial charge in [0.1, 0.15) is 5.75 Å². The van der Waals surface area contributed by atoms with Gasteiger partial charge in [-0.3, -0.25) is 4.79 Å². The zero-order chi connectivity index (χ0) is 15.4. The van der Waals surface area contributed by atoms with Crippen LogP contribution >= 0.6 is 0 Å². The molecule has 0 saturated heterocycles. The van der Waals surface area contributed by atoms with E-state index in [0.717, 1.165) is 17.4 Å². The first-order valence-electron chi connectivity index (χ1n) is 7.22. The second-order valence-electron chi connectivity index (χ2n) is 5.59. The quantitative estimate of drug-likeness (QED) is 0.650. The summed E-state index contributed by atoms with van der Waals surface area (Å²) >= 11 is 0. The van der Waals surface area contributed by atoms with Crippen molar-refractivity contribution in [3.05, 3.63) is 40.2 Å². The third-order valence-electron chi connectivity index (χ3n) is 3.48. The van der Waals surface area contributed by atoms with Crippen molar-refractivity contribution in [1.82, 2.24) is 10.3 Å². The Bertz CT molecular complexity index is 664. The van der Waals surface area contributed by atoms with Gasteiger partial charge in [0, 0.05) is 30.1 Å². The number of phenolic OH excluding ortho intramolecular Hbond substituents is 1. The Balaban J connectivity index is 2.37. The van der Waals surface area contributed by atoms with Crippen molar-refractivity contribution < 1.29 is 10.2 Å². The van der Waals surface area contributed by atoms with E-state index >= 15 is 0 Å². The Morgan fingerprint density at radius 2 is 2.00 bits per heavy atom. The lowest BCUT2D eigenvalue weighted by atomic mass is 9.98. The number of aromatic nitrogens is 1. The molecule has 21 heavy (non-hydrogen) atoms. The minimum absolute atomic E-state index is 0.0713. The van der Waals surface area contributed by atoms with Gasteiger partial charge in [-0.05, 0) is 30.5 Å². The van der Waals surface area contributed by atoms with Crippen molar-refractivity contribution in [2.45, 2.75) is 38.8 Å². The Morgan fingerprint density at radius 3 is 2.67 bits per heavy atom. The number of hydrogen-bond donors (Lipinski definition) is 4. The summed E-state index contributed by atoms with van der Waals surface area (Å²) < 4.78 is 0. The number of H-pyrrole nitrogens is 1. The molecule has 0 aliphatic carbocycles. The van der Waals surface area contributed by atoms with E-state index in [2.05, 4.69) is 24.1 Å². The van der Waals surface area contributed by atoms with E-state index in [9.17, 15) is 15.0 Å². The molecular weight excluding hydrogens is 268 g/mol. The number of nitrogens with one attached hydrogen (secondary N) is 2. The van der Waals surface area contributed by atoms with E-state index in [1.54, 1.807) is 12.1 Å². The molecule has 0 spiro atoms. The Morgan fingerprint density at radius 1 is 1.24 bits per heavy atom. The predicted molar refractivity (Wildman–Crippen MR) is 83.7 cm³/mol. The van der Waals surface area contributed by atoms with Gasteiger partial charge in [-0.1, -0.05) is 19.9 Å². The summed E-state index contributed by atoms with van der Waals surface area (Å²) in [4.78, 5) is 14.1. The Hall–Kier alpha value is -1.85. The van der Waals surface area contributed by atoms with Gasteiger partial charge >= 0.3 is 0 Å². The minimum Gasteiger partial charge on any atom is -0.506 e. The van der Waals surface area contributed by atoms with E-state index in [1.165, 1.54) is 6.07 Å². The second-order valence-corrected chi connectivity index (χ2v) is 5.59. The van der Waals surface area contributed by atoms with Gasteiger partial charge in [0.25, 0.3) is 0 Å². The van der Waals surface area contributed by atoms with Crippen molar-refractivity contribution in [1.29, 1.82) is 0 Å². The number of rotatable bonds is 6. The van der Waals surface area contributed by atoms with Crippen LogP contribution in [0.5, 0.6) is 5.75 Å². The molecule has 0 amide bonds. The highest BCUT2D eigenvalue weighted by Gasteiger charge is 2.13. The maximum Gasteiger partial charge on any atom is 0.248 e. The highest BCUT2D eigenvalue weighted by atomic mass is 16.3. The Kier molecular flexibility index (Phi) is 4.98. The number of fused-ring (bicyclic) bond motifs is 1. The highest BCUT2D eigenvalue weighted by molar-refractivity contribution is 5.87. The first-order valence-corrected chi connectivity index (χ1v) is 7.22. The molecule has 0 saturated carbocycles. The van der Waals surface area contributed by atoms with Gasteiger partial charge in [0.2, 0.25) is 5.56 Å². The van der Waals surface area contributed by atoms with E-state index in [4.69, 9.17) is 0 Å². The molecule has 1 heterocycles. The summed E-state index contributed by atoms with van der Waals surface area (Å²) in [5.74, 6) is 0.0713. The second kappa shape index (κ2) is 6.74. The van der Waals surface area contributed by atoms with E-state index in [0.29, 0.717) is 18.0 Å². The Labute approximate surface area is 123 Å². The first-order chi connectivity index (χ1) is 10.0. The van der Waals surface area contributed by atoms with Crippen LogP contribution in [0.1, 0.15) is 25.8 Å². The number of aliphatic hydroxyl groups is 1. The molecule has 1 unspecified atom stereocenters. The molecule has 114 valence electrons. The van der Waals surface area contributed by atoms with Crippen LogP contribution in [0.25, 0.3) is 10.9 Å². The average molecular weight is 290 g/mol. The summed E-state index contributed by atoms with van der Waals surface area (Å²) in [6.07, 6.45) is 1.38. The molecule has 1 atom stereocenters. The highest BCUT2D eigenvalue weighted by Crippen LogP contribution is 2.25. The van der Waals surface area contributed by atoms with Crippen LogP contribution < -0.4 is 10.9 Å². The van der Waals surface area contributed by atoms with Crippen LogP contribution in [0.3, 0.4) is 0 Å². The fourth-order valence-electron chi connectivity index (χ4n) is 2.61. The molecule has 2 rings (SSSR count). The fraction of sp³-hybridized carbons (Fsp3) is 0.438. The lowest BCUT2D eigenvalue weighted by molar-refractivity contribution is 0.260. The van der Waals surface area contributed by atoms with Crippen LogP contribution in [-0.2, 0) is 6.42 Å². The lowest BCUT2D eigenvalue weighted by Crippen LogP contribution is -2.37. The van der Waals surface area contributed by atoms with Crippen LogP contribution in [0.2, 0.25) is 0 Å². The number of aromatic amines is 1. The van der Waals surface area contributed by atoms with Crippen molar-refractivity contribution in [3.8, 4) is 5.75 Å². The van der Waals surface area contributed by atoms with Gasteiger partial charge in [-0.15, -0.1) is 0 Å². The van der Waals surface area contributed by atoms with Crippen molar-refractivity contribution in [3.63, 3.8) is 0 Å². The van der Waals surface area contributed by atoms with E-state index in [1.807, 2.05) is 6.07 Å². The molecule has 5 heteroatoms. The average Bonchev–Trinajstić information content (AvgIpc) is 2.42. The summed E-state index contributed by atoms with van der Waals surface area (Å²) in [5, 5.41) is 23.3. The maximum absolute atomic E-state index is 11.4. The summed E-state index contributed by atoms with van der Waals surface area (Å²) in [7, 11) is 0. The first kappa shape index (κ1) is 15.5. The van der Waals surface area contributed by atoms with Gasteiger partial charge in [0.05, 0.1) is 5.52 Å². The fourth-order valence-corrected chi connectivity index (χ4v) is 2.61. The molecule has 2 aromatic rings. The normalized spacial score (nSPS) is 13.0. The van der Waals surface area contributed by atoms with Crippen molar-refractivity contribution in [2.24, 2.45) is 0 Å². The van der Waals surface area contributed by atoms with Crippen LogP contribution in [0.4, 0.5) is 0 Å². The van der Waals surface area contributed by atoms with Gasteiger partial charge in [-0.2, -0.15) is 0 Å². The van der Waals surface area contributed by atoms with Gasteiger partial charge < -0.3 is 20.5 Å². The minimum atomic E-state index is -0.234. The molecule has 0 bridgehead atoms. The largest absolute Gasteiger partial charge is 0.506 e. The zero-order valence-corrected chi connectivity index (χ0v) is 12.4. The molecule has 1 aromatic heterocycles. The summed E-state index contributed by atoms with van der Waals surface area (Å²) in [6, 6.07) is 7.12. The number of hydrogen-bond acceptors (Lipinski definition) is 4. The number of phenols is 1. The van der Waals surface area contributed by atoms with Crippen LogP contribution in [0.15, 0.2) is 29.1 Å². The summed E-state index contributed by atoms with van der Waals surface area (Å²) in [5.41, 5.74) is 1.26. The predicted octanol–water partition coefficient (Wildman–Crippen LogP) is 1.53. The monoisotopic (exact) mass is 290 g/mol. The molecule has 0 aliphatic heterocycles. The molecular formula is C16H22N2O3. The van der Waals surface area contributed by atoms with Gasteiger partial charge in [0.15, 0.2) is 0 Å². The number of pyridine rings is 1. The molecule has 0 fully saturated rings. The number of benzene rings is 1. The third kappa shape index (κ3) is 3.83. The zero-order valence-electron chi connectivity index (χ0n) is 12.4. The topological polar surface area (TPSA) is 85.3 Å². The van der Waals surface area contributed by atoms with E-state index < -0.39 is 0 Å². The SMILES string of the molecule is CC(C)NC(CCO)Cc1ccc(O)c2[nH]c(=O)ccc12. The lowest BCUT2D eigenvalue weighted by Gasteiger charge is -2.21. The molecule has 4 N–H and O–H groups in total. The third-order valence-corrected chi connectivity index (χ3v) is 3.48. The van der Waals surface area contributed by atoms with Crippen molar-refractivity contribution >= 4 is 10.9 Å². The molecule has 0 aliphatic rings. The summed E-state index contributed by atoms with van der Waals surface area (Å²) in [6.45, 7) is 4.25. The standard InChI is InChI=1S/C16H22N2O3/c1-10(2)17-12(7-8-19)9-11-3-5-14(20)16-13(11)4-6-15(21)18-16/h3-6,10,12,17,19-20H,7-9H2,1-2H3,(H,18,21). The van der Waals surface area contributed by atoms with Crippen LogP contribution in [0, 0.1) is 0 Å². The van der Waals surface area contributed by atoms with E-state index in [-0.39, 0.29) is 24.0 Å². The van der Waals surface area contributed by atoms with Gasteiger partial charge in [-0.25, -0.2) is 0 Å². The van der Waals surface area contributed by atoms with Crippen LogP contribution in [-0.4, -0.2) is 33.9 Å². The van der Waals surface area contributed by atoms with Crippen molar-refractivity contribution in [2.75, 3.05) is 6.61 Å². The molecule has 0 radical (unpaired) electrons. The maximum atomic E-state index is 11.4.